The largest absolute Gasteiger partial charge is 2.00 e. The van der Waals surface area contributed by atoms with Crippen LogP contribution in [0.25, 0.3) is 11.1 Å². The average molecular weight is 579 g/mol. The minimum absolute atomic E-state index is 0. The maximum absolute atomic E-state index is 2.43. The van der Waals surface area contributed by atoms with E-state index in [9.17, 15) is 0 Å². The van der Waals surface area contributed by atoms with Crippen LogP contribution in [0.15, 0.2) is 72.8 Å². The Morgan fingerprint density at radius 1 is 0.541 bits per heavy atom. The van der Waals surface area contributed by atoms with Crippen LogP contribution < -0.4 is 0 Å². The van der Waals surface area contributed by atoms with Gasteiger partial charge >= 0.3 is 17.1 Å². The van der Waals surface area contributed by atoms with Gasteiger partial charge < -0.3 is 0 Å². The van der Waals surface area contributed by atoms with E-state index in [4.69, 9.17) is 0 Å². The van der Waals surface area contributed by atoms with Crippen molar-refractivity contribution < 1.29 is 17.1 Å². The third kappa shape index (κ3) is 10.8. The first-order chi connectivity index (χ1) is 16.4. The van der Waals surface area contributed by atoms with Gasteiger partial charge in [-0.15, -0.1) is 19.6 Å². The first-order valence-electron chi connectivity index (χ1n) is 13.5. The van der Waals surface area contributed by atoms with Gasteiger partial charge in [0.2, 0.25) is 0 Å². The Morgan fingerprint density at radius 3 is 1.46 bits per heavy atom. The summed E-state index contributed by atoms with van der Waals surface area (Å²) >= 11 is 0. The van der Waals surface area contributed by atoms with Crippen LogP contribution >= 0.6 is 15.8 Å². The molecule has 0 bridgehead atoms. The molecule has 0 nitrogen and oxygen atoms in total. The van der Waals surface area contributed by atoms with Crippen molar-refractivity contribution in [2.24, 2.45) is 0 Å². The van der Waals surface area contributed by atoms with E-state index in [-0.39, 0.29) is 32.9 Å². The summed E-state index contributed by atoms with van der Waals surface area (Å²) in [4.78, 5) is 0. The summed E-state index contributed by atoms with van der Waals surface area (Å²) in [7, 11) is -0.167. The summed E-state index contributed by atoms with van der Waals surface area (Å²) in [5.74, 6) is 0. The summed E-state index contributed by atoms with van der Waals surface area (Å²) in [6.07, 6.45) is 2.53. The summed E-state index contributed by atoms with van der Waals surface area (Å²) in [6, 6.07) is 25.8. The zero-order valence-corrected chi connectivity index (χ0v) is 28.5. The molecule has 3 aromatic carbocycles. The van der Waals surface area contributed by atoms with Crippen molar-refractivity contribution in [1.82, 2.24) is 0 Å². The summed E-state index contributed by atoms with van der Waals surface area (Å²) in [6.45, 7) is 29.2. The van der Waals surface area contributed by atoms with Crippen molar-refractivity contribution in [2.75, 3.05) is 0 Å². The molecule has 206 valence electrons. The maximum atomic E-state index is 2.43. The fourth-order valence-electron chi connectivity index (χ4n) is 5.30. The van der Waals surface area contributed by atoms with E-state index in [0.717, 1.165) is 0 Å². The molecule has 37 heavy (non-hydrogen) atoms. The van der Waals surface area contributed by atoms with E-state index in [2.05, 4.69) is 150 Å². The zero-order valence-electron chi connectivity index (χ0n) is 25.6. The summed E-state index contributed by atoms with van der Waals surface area (Å²) < 4.78 is 0. The first kappa shape index (κ1) is 34.3. The van der Waals surface area contributed by atoms with E-state index in [1.165, 1.54) is 23.5 Å². The molecule has 0 fully saturated rings. The van der Waals surface area contributed by atoms with Crippen LogP contribution in [-0.4, -0.2) is 20.6 Å². The van der Waals surface area contributed by atoms with Crippen LogP contribution in [0.2, 0.25) is 0 Å². The predicted molar refractivity (Wildman–Crippen MR) is 170 cm³/mol. The summed E-state index contributed by atoms with van der Waals surface area (Å²) in [5.41, 5.74) is 5.83. The monoisotopic (exact) mass is 578 g/mol. The van der Waals surface area contributed by atoms with Crippen LogP contribution in [0.5, 0.6) is 0 Å². The van der Waals surface area contributed by atoms with E-state index in [1.807, 2.05) is 6.07 Å². The van der Waals surface area contributed by atoms with Crippen molar-refractivity contribution in [3.63, 3.8) is 0 Å². The molecule has 0 aliphatic rings. The molecule has 0 aliphatic carbocycles. The van der Waals surface area contributed by atoms with Crippen LogP contribution in [0, 0.1) is 0 Å². The molecule has 0 heterocycles. The van der Waals surface area contributed by atoms with Crippen molar-refractivity contribution >= 4 is 15.8 Å². The van der Waals surface area contributed by atoms with E-state index >= 15 is 0 Å². The molecule has 3 rings (SSSR count). The molecule has 0 unspecified atom stereocenters. The molecular weight excluding hydrogens is 526 g/mol. The van der Waals surface area contributed by atoms with E-state index in [0.29, 0.717) is 20.6 Å². The third-order valence-electron chi connectivity index (χ3n) is 6.67. The molecule has 0 saturated carbocycles. The van der Waals surface area contributed by atoms with Gasteiger partial charge in [0.1, 0.15) is 0 Å². The second kappa shape index (κ2) is 13.6. The van der Waals surface area contributed by atoms with Gasteiger partial charge in [-0.3, -0.25) is 0 Å². The Labute approximate surface area is 243 Å². The molecule has 3 heteroatoms. The SMILES string of the molecule is CC(C)(C)P(Cc1cc[cH-]c1CP(C(C)(C)C)C(C)(C)C)C(C)(C)C.[Fe+2].c1ccc(-c2ccc[cH-]2)cc1. The first-order valence-corrected chi connectivity index (χ1v) is 16.5. The van der Waals surface area contributed by atoms with Crippen LogP contribution in [-0.2, 0) is 29.4 Å². The topological polar surface area (TPSA) is 0 Å². The molecule has 3 aromatic rings. The van der Waals surface area contributed by atoms with Crippen molar-refractivity contribution in [2.45, 2.75) is 116 Å². The predicted octanol–water partition coefficient (Wildman–Crippen LogP) is 11.6. The molecule has 0 amide bonds. The molecule has 0 atom stereocenters. The molecule has 0 aromatic heterocycles. The molecule has 0 aliphatic heterocycles. The molecular formula is C34H52FeP2. The van der Waals surface area contributed by atoms with Gasteiger partial charge in [-0.1, -0.05) is 128 Å². The fraction of sp³-hybridized carbons (Fsp3) is 0.529. The van der Waals surface area contributed by atoms with Gasteiger partial charge in [-0.2, -0.15) is 47.0 Å². The van der Waals surface area contributed by atoms with Crippen molar-refractivity contribution in [1.29, 1.82) is 0 Å². The van der Waals surface area contributed by atoms with E-state index in [1.54, 1.807) is 11.1 Å². The average Bonchev–Trinajstić information content (AvgIpc) is 3.40. The van der Waals surface area contributed by atoms with Gasteiger partial charge in [-0.25, -0.2) is 6.07 Å². The Bertz CT molecular complexity index is 940. The number of hydrogen-bond acceptors (Lipinski definition) is 0. The van der Waals surface area contributed by atoms with Crippen LogP contribution in [0.4, 0.5) is 0 Å². The number of benzene rings is 1. The molecule has 0 spiro atoms. The minimum atomic E-state index is -0.0835. The fourth-order valence-corrected chi connectivity index (χ4v) is 12.5. The molecule has 0 saturated heterocycles. The van der Waals surface area contributed by atoms with Crippen molar-refractivity contribution in [3.8, 4) is 11.1 Å². The van der Waals surface area contributed by atoms with Crippen LogP contribution in [0.1, 0.15) is 94.2 Å². The van der Waals surface area contributed by atoms with Crippen molar-refractivity contribution in [3.05, 3.63) is 83.9 Å². The Kier molecular flexibility index (Phi) is 12.6. The molecule has 0 N–H and O–H groups in total. The second-order valence-electron chi connectivity index (χ2n) is 14.0. The van der Waals surface area contributed by atoms with Gasteiger partial charge in [0.05, 0.1) is 0 Å². The minimum Gasteiger partial charge on any atom is -0.210 e. The van der Waals surface area contributed by atoms with Crippen LogP contribution in [0.3, 0.4) is 0 Å². The Hall–Kier alpha value is -0.701. The Morgan fingerprint density at radius 2 is 1.03 bits per heavy atom. The standard InChI is InChI=1S/C23H43P2.C11H9.Fe/c1-20(2,3)24(21(4,5)6)16-18-14-13-15-19(18)17-25(22(7,8)9)23(10,11)12;1-2-6-10(7-3-1)11-8-4-5-9-11;/h13-15H,16-17H2,1-12H3;1-9H;/q2*-1;+2. The summed E-state index contributed by atoms with van der Waals surface area (Å²) in [5, 5.41) is 1.56. The van der Waals surface area contributed by atoms with Gasteiger partial charge in [0.25, 0.3) is 0 Å². The smallest absolute Gasteiger partial charge is 0.210 e. The number of hydrogen-bond donors (Lipinski definition) is 0. The maximum Gasteiger partial charge on any atom is 2.00 e. The molecule has 0 radical (unpaired) electrons. The quantitative estimate of drug-likeness (QED) is 0.161. The Balaban J connectivity index is 0.000000471. The van der Waals surface area contributed by atoms with Gasteiger partial charge in [0.15, 0.2) is 0 Å². The number of rotatable bonds is 5. The van der Waals surface area contributed by atoms with Gasteiger partial charge in [0, 0.05) is 0 Å². The van der Waals surface area contributed by atoms with Gasteiger partial charge in [-0.05, 0) is 26.8 Å². The second-order valence-corrected chi connectivity index (χ2v) is 21.7. The zero-order chi connectivity index (χ0) is 27.4. The normalized spacial score (nSPS) is 12.8. The third-order valence-corrected chi connectivity index (χ3v) is 14.5. The van der Waals surface area contributed by atoms with E-state index < -0.39 is 0 Å².